The minimum absolute atomic E-state index is 0.299. The van der Waals surface area contributed by atoms with Crippen LogP contribution in [0.2, 0.25) is 0 Å². The Hall–Kier alpha value is -3.20. The van der Waals surface area contributed by atoms with Crippen molar-refractivity contribution in [2.45, 2.75) is 77.4 Å². The number of ether oxygens (including phenoxy) is 1. The normalized spacial score (nSPS) is 16.8. The Morgan fingerprint density at radius 3 is 2.79 bits per heavy atom. The minimum Gasteiger partial charge on any atom is -0.459 e. The summed E-state index contributed by atoms with van der Waals surface area (Å²) in [6, 6.07) is 3.95. The van der Waals surface area contributed by atoms with Gasteiger partial charge in [-0.25, -0.2) is 15.0 Å². The van der Waals surface area contributed by atoms with E-state index in [1.54, 1.807) is 12.4 Å². The highest BCUT2D eigenvalue weighted by atomic mass is 16.6. The molecule has 0 aromatic carbocycles. The molecule has 4 rings (SSSR count). The van der Waals surface area contributed by atoms with Gasteiger partial charge in [-0.3, -0.25) is 10.1 Å². The number of carbonyl (C=O) groups excluding carboxylic acids is 1. The smallest absolute Gasteiger partial charge is 0.325 e. The lowest BCUT2D eigenvalue weighted by atomic mass is 9.92. The number of esters is 1. The molecule has 1 unspecified atom stereocenters. The van der Waals surface area contributed by atoms with E-state index in [4.69, 9.17) is 9.72 Å². The Morgan fingerprint density at radius 1 is 1.29 bits per heavy atom. The molecule has 0 amide bonds. The van der Waals surface area contributed by atoms with Gasteiger partial charge in [0.15, 0.2) is 0 Å². The number of carbonyl (C=O) groups is 1. The maximum Gasteiger partial charge on any atom is 0.325 e. The lowest BCUT2D eigenvalue weighted by Gasteiger charge is -2.34. The number of hydrogen-bond acceptors (Lipinski definition) is 9. The van der Waals surface area contributed by atoms with Crippen molar-refractivity contribution in [3.8, 4) is 0 Å². The summed E-state index contributed by atoms with van der Waals surface area (Å²) in [5, 5.41) is 10.1. The first-order valence-electron chi connectivity index (χ1n) is 13.9. The molecule has 0 bridgehead atoms. The molecule has 9 heteroatoms. The van der Waals surface area contributed by atoms with Gasteiger partial charge < -0.3 is 20.3 Å². The fraction of sp³-hybridized carbons (Fsp3) is 0.586. The number of nitrogens with one attached hydrogen (secondary N) is 3. The van der Waals surface area contributed by atoms with Crippen LogP contribution < -0.4 is 20.9 Å². The van der Waals surface area contributed by atoms with Crippen molar-refractivity contribution < 1.29 is 9.53 Å². The topological polar surface area (TPSA) is 104 Å². The maximum atomic E-state index is 12.8. The Morgan fingerprint density at radius 2 is 2.08 bits per heavy atom. The Labute approximate surface area is 226 Å². The summed E-state index contributed by atoms with van der Waals surface area (Å²) in [6.45, 7) is 15.2. The average Bonchev–Trinajstić information content (AvgIpc) is 2.91. The summed E-state index contributed by atoms with van der Waals surface area (Å²) in [6.07, 6.45) is 8.49. The molecule has 3 N–H and O–H groups in total. The number of fused-ring (bicyclic) bond motifs is 1. The molecule has 1 saturated heterocycles. The fourth-order valence-corrected chi connectivity index (χ4v) is 5.15. The van der Waals surface area contributed by atoms with Crippen LogP contribution in [0, 0.1) is 0 Å². The van der Waals surface area contributed by atoms with Crippen molar-refractivity contribution >= 4 is 23.4 Å². The number of aryl methyl sites for hydroxylation is 1. The van der Waals surface area contributed by atoms with E-state index in [-0.39, 0.29) is 5.97 Å². The Kier molecular flexibility index (Phi) is 9.20. The highest BCUT2D eigenvalue weighted by molar-refractivity contribution is 5.77. The molecule has 1 atom stereocenters. The van der Waals surface area contributed by atoms with Crippen LogP contribution in [0.15, 0.2) is 31.1 Å². The fourth-order valence-electron chi connectivity index (χ4n) is 5.15. The van der Waals surface area contributed by atoms with E-state index < -0.39 is 11.6 Å². The Bertz CT molecular complexity index is 1110. The summed E-state index contributed by atoms with van der Waals surface area (Å²) >= 11 is 0. The van der Waals surface area contributed by atoms with Crippen LogP contribution in [0.4, 0.5) is 17.5 Å². The molecule has 2 aromatic heterocycles. The van der Waals surface area contributed by atoms with Crippen molar-refractivity contribution in [3.05, 3.63) is 47.9 Å². The molecule has 0 aliphatic carbocycles. The van der Waals surface area contributed by atoms with Gasteiger partial charge >= 0.3 is 5.97 Å². The van der Waals surface area contributed by atoms with Crippen molar-refractivity contribution in [1.82, 2.24) is 20.3 Å². The van der Waals surface area contributed by atoms with Crippen molar-refractivity contribution in [1.29, 1.82) is 0 Å². The van der Waals surface area contributed by atoms with Gasteiger partial charge in [0.05, 0.1) is 0 Å². The maximum absolute atomic E-state index is 12.8. The second kappa shape index (κ2) is 12.6. The lowest BCUT2D eigenvalue weighted by molar-refractivity contribution is -0.157. The van der Waals surface area contributed by atoms with E-state index in [9.17, 15) is 4.79 Å². The second-order valence-corrected chi connectivity index (χ2v) is 11.1. The molecular weight excluding hydrogens is 478 g/mol. The van der Waals surface area contributed by atoms with E-state index in [0.717, 1.165) is 68.3 Å². The van der Waals surface area contributed by atoms with Gasteiger partial charge in [0.2, 0.25) is 0 Å². The molecule has 0 spiro atoms. The van der Waals surface area contributed by atoms with Crippen molar-refractivity contribution in [2.24, 2.45) is 0 Å². The molecule has 2 aromatic rings. The van der Waals surface area contributed by atoms with Gasteiger partial charge in [-0.05, 0) is 64.5 Å². The molecule has 2 aliphatic rings. The molecule has 0 radical (unpaired) electrons. The molecule has 2 aliphatic heterocycles. The highest BCUT2D eigenvalue weighted by Gasteiger charge is 2.27. The Balaban J connectivity index is 1.42. The van der Waals surface area contributed by atoms with Crippen LogP contribution in [0.5, 0.6) is 0 Å². The third-order valence-corrected chi connectivity index (χ3v) is 7.08. The molecular formula is C29H43N7O2. The molecule has 9 nitrogen and oxygen atoms in total. The SMILES string of the molecule is C=CCNC(CNc1ncnc(N2CCC(c3ccc4c(n3)NCCC4)CC2)c1CC)C(=O)OC(C)(C)C. The number of nitrogens with zero attached hydrogens (tertiary/aromatic N) is 4. The predicted molar refractivity (Wildman–Crippen MR) is 153 cm³/mol. The lowest BCUT2D eigenvalue weighted by Crippen LogP contribution is -2.45. The number of piperidine rings is 1. The number of hydrogen-bond donors (Lipinski definition) is 3. The van der Waals surface area contributed by atoms with Gasteiger partial charge in [0.25, 0.3) is 0 Å². The van der Waals surface area contributed by atoms with E-state index in [1.165, 1.54) is 17.7 Å². The van der Waals surface area contributed by atoms with Gasteiger partial charge in [0.1, 0.15) is 35.4 Å². The number of rotatable bonds is 10. The average molecular weight is 522 g/mol. The van der Waals surface area contributed by atoms with E-state index in [0.29, 0.717) is 19.0 Å². The van der Waals surface area contributed by atoms with Gasteiger partial charge in [-0.2, -0.15) is 0 Å². The van der Waals surface area contributed by atoms with Gasteiger partial charge in [0, 0.05) is 49.9 Å². The van der Waals surface area contributed by atoms with Crippen LogP contribution in [-0.4, -0.2) is 65.3 Å². The highest BCUT2D eigenvalue weighted by Crippen LogP contribution is 2.33. The summed E-state index contributed by atoms with van der Waals surface area (Å²) in [5.41, 5.74) is 3.03. The number of anilines is 3. The van der Waals surface area contributed by atoms with Gasteiger partial charge in [-0.1, -0.05) is 19.1 Å². The van der Waals surface area contributed by atoms with Crippen LogP contribution >= 0.6 is 0 Å². The standard InChI is InChI=1S/C29H43N7O2/c1-6-14-30-24(28(37)38-29(3,4)5)18-32-26-22(7-2)27(34-19-33-26)36-16-12-20(13-17-36)23-11-10-21-9-8-15-31-25(21)35-23/h6,10-11,19-20,24,30H,1,7-9,12-18H2,2-5H3,(H,31,35)(H,32,33,34). The third-order valence-electron chi connectivity index (χ3n) is 7.08. The minimum atomic E-state index is -0.556. The largest absolute Gasteiger partial charge is 0.459 e. The summed E-state index contributed by atoms with van der Waals surface area (Å²) in [4.78, 5) is 29.3. The zero-order chi connectivity index (χ0) is 27.1. The summed E-state index contributed by atoms with van der Waals surface area (Å²) in [7, 11) is 0. The third kappa shape index (κ3) is 7.01. The van der Waals surface area contributed by atoms with E-state index in [1.807, 2.05) is 20.8 Å². The summed E-state index contributed by atoms with van der Waals surface area (Å²) in [5.74, 6) is 2.96. The molecule has 0 saturated carbocycles. The first-order valence-corrected chi connectivity index (χ1v) is 13.9. The summed E-state index contributed by atoms with van der Waals surface area (Å²) < 4.78 is 5.61. The van der Waals surface area contributed by atoms with Crippen LogP contribution in [-0.2, 0) is 22.4 Å². The van der Waals surface area contributed by atoms with Crippen molar-refractivity contribution in [3.63, 3.8) is 0 Å². The first kappa shape index (κ1) is 27.8. The first-order chi connectivity index (χ1) is 18.3. The van der Waals surface area contributed by atoms with E-state index >= 15 is 0 Å². The zero-order valence-electron chi connectivity index (χ0n) is 23.3. The number of pyridine rings is 1. The van der Waals surface area contributed by atoms with Crippen LogP contribution in [0.25, 0.3) is 0 Å². The number of aromatic nitrogens is 3. The molecule has 38 heavy (non-hydrogen) atoms. The predicted octanol–water partition coefficient (Wildman–Crippen LogP) is 4.07. The van der Waals surface area contributed by atoms with Crippen molar-refractivity contribution in [2.75, 3.05) is 48.3 Å². The van der Waals surface area contributed by atoms with Gasteiger partial charge in [-0.15, -0.1) is 6.58 Å². The van der Waals surface area contributed by atoms with Crippen LogP contribution in [0.1, 0.15) is 69.7 Å². The zero-order valence-corrected chi connectivity index (χ0v) is 23.3. The monoisotopic (exact) mass is 521 g/mol. The van der Waals surface area contributed by atoms with Crippen LogP contribution in [0.3, 0.4) is 0 Å². The second-order valence-electron chi connectivity index (χ2n) is 11.1. The molecule has 206 valence electrons. The molecule has 4 heterocycles. The quantitative estimate of drug-likeness (QED) is 0.315. The molecule has 1 fully saturated rings. The van der Waals surface area contributed by atoms with E-state index in [2.05, 4.69) is 56.5 Å².